The van der Waals surface area contributed by atoms with Gasteiger partial charge in [-0.15, -0.1) is 0 Å². The summed E-state index contributed by atoms with van der Waals surface area (Å²) in [7, 11) is 0. The Kier molecular flexibility index (Phi) is 7.75. The molecule has 16 heteroatoms. The van der Waals surface area contributed by atoms with E-state index < -0.39 is 58.6 Å². The molecule has 2 saturated heterocycles. The summed E-state index contributed by atoms with van der Waals surface area (Å²) in [5, 5.41) is 17.7. The number of imide groups is 2. The molecule has 2 N–H and O–H groups in total. The first-order valence-corrected chi connectivity index (χ1v) is 14.6. The highest BCUT2D eigenvalue weighted by atomic mass is 19.4. The summed E-state index contributed by atoms with van der Waals surface area (Å²) in [4.78, 5) is 69.3. The van der Waals surface area contributed by atoms with Crippen LogP contribution >= 0.6 is 0 Å². The van der Waals surface area contributed by atoms with E-state index in [2.05, 4.69) is 32.6 Å². The number of nitriles is 1. The van der Waals surface area contributed by atoms with E-state index in [1.165, 1.54) is 30.8 Å². The van der Waals surface area contributed by atoms with E-state index in [0.717, 1.165) is 11.1 Å². The molecule has 0 bridgehead atoms. The van der Waals surface area contributed by atoms with Gasteiger partial charge in [-0.2, -0.15) is 23.5 Å². The molecular weight excluding hydrogens is 633 g/mol. The predicted molar refractivity (Wildman–Crippen MR) is 160 cm³/mol. The summed E-state index contributed by atoms with van der Waals surface area (Å²) >= 11 is 0. The minimum atomic E-state index is -4.83. The number of halogens is 3. The second-order valence-corrected chi connectivity index (χ2v) is 12.0. The summed E-state index contributed by atoms with van der Waals surface area (Å²) in [6.45, 7) is 4.12. The number of rotatable bonds is 5. The Labute approximate surface area is 270 Å². The number of hydrogen-bond acceptors (Lipinski definition) is 9. The molecule has 3 aliphatic rings. The van der Waals surface area contributed by atoms with E-state index in [1.807, 2.05) is 4.90 Å². The Morgan fingerprint density at radius 3 is 2.48 bits per heavy atom. The highest BCUT2D eigenvalue weighted by Gasteiger charge is 2.45. The van der Waals surface area contributed by atoms with Crippen molar-refractivity contribution in [2.45, 2.75) is 44.4 Å². The lowest BCUT2D eigenvalue weighted by Gasteiger charge is -2.38. The Morgan fingerprint density at radius 2 is 1.79 bits per heavy atom. The molecule has 0 saturated carbocycles. The van der Waals surface area contributed by atoms with Crippen molar-refractivity contribution in [1.82, 2.24) is 25.0 Å². The molecular formula is C32H25F3N8O5. The largest absolute Gasteiger partial charge is 0.419 e. The number of nitrogens with one attached hydrogen (secondary N) is 2. The van der Waals surface area contributed by atoms with E-state index in [0.29, 0.717) is 30.4 Å². The zero-order valence-corrected chi connectivity index (χ0v) is 25.4. The van der Waals surface area contributed by atoms with Crippen molar-refractivity contribution >= 4 is 40.9 Å². The minimum Gasteiger partial charge on any atom is -0.369 e. The number of hydrogen-bond donors (Lipinski definition) is 2. The average molecular weight is 659 g/mol. The van der Waals surface area contributed by atoms with E-state index in [1.54, 1.807) is 24.4 Å². The van der Waals surface area contributed by atoms with Crippen molar-refractivity contribution in [2.24, 2.45) is 5.92 Å². The highest BCUT2D eigenvalue weighted by Crippen LogP contribution is 2.34. The van der Waals surface area contributed by atoms with Crippen LogP contribution in [0.1, 0.15) is 64.2 Å². The van der Waals surface area contributed by atoms with Crippen molar-refractivity contribution in [3.63, 3.8) is 0 Å². The topological polar surface area (TPSA) is 170 Å². The molecule has 3 aromatic rings. The summed E-state index contributed by atoms with van der Waals surface area (Å²) in [6.07, 6.45) is -0.754. The third kappa shape index (κ3) is 5.72. The van der Waals surface area contributed by atoms with Gasteiger partial charge in [-0.3, -0.25) is 38.9 Å². The number of alkyl halides is 3. The fourth-order valence-corrected chi connectivity index (χ4v) is 5.54. The molecule has 3 aliphatic heterocycles. The van der Waals surface area contributed by atoms with Crippen LogP contribution in [0.15, 0.2) is 42.9 Å². The zero-order chi connectivity index (χ0) is 34.5. The van der Waals surface area contributed by atoms with Gasteiger partial charge in [-0.05, 0) is 44.5 Å². The Hall–Kier alpha value is -6.03. The fourth-order valence-electron chi connectivity index (χ4n) is 5.54. The Morgan fingerprint density at radius 1 is 1.06 bits per heavy atom. The molecule has 2 fully saturated rings. The number of aromatic nitrogens is 3. The van der Waals surface area contributed by atoms with Crippen LogP contribution in [0.2, 0.25) is 0 Å². The lowest BCUT2D eigenvalue weighted by Crippen LogP contribution is -2.54. The predicted octanol–water partition coefficient (Wildman–Crippen LogP) is 2.43. The maximum absolute atomic E-state index is 13.3. The van der Waals surface area contributed by atoms with Crippen LogP contribution in [0.25, 0.3) is 0 Å². The molecule has 2 aromatic heterocycles. The van der Waals surface area contributed by atoms with Crippen LogP contribution in [0.4, 0.5) is 24.5 Å². The molecule has 0 spiro atoms. The van der Waals surface area contributed by atoms with Gasteiger partial charge in [0.15, 0.2) is 5.69 Å². The molecule has 5 amide bonds. The van der Waals surface area contributed by atoms with Crippen LogP contribution in [0, 0.1) is 29.1 Å². The van der Waals surface area contributed by atoms with Gasteiger partial charge >= 0.3 is 6.18 Å². The maximum atomic E-state index is 13.3. The molecule has 13 nitrogen and oxygen atoms in total. The lowest BCUT2D eigenvalue weighted by atomic mass is 9.98. The summed E-state index contributed by atoms with van der Waals surface area (Å²) < 4.78 is 41.3. The first-order valence-electron chi connectivity index (χ1n) is 14.6. The van der Waals surface area contributed by atoms with E-state index in [-0.39, 0.29) is 35.6 Å². The molecule has 1 unspecified atom stereocenters. The average Bonchev–Trinajstić information content (AvgIpc) is 3.59. The van der Waals surface area contributed by atoms with Crippen LogP contribution < -0.4 is 15.5 Å². The number of pyridine rings is 1. The lowest BCUT2D eigenvalue weighted by molar-refractivity contribution is -0.138. The van der Waals surface area contributed by atoms with Crippen molar-refractivity contribution in [1.29, 1.82) is 5.26 Å². The zero-order valence-electron chi connectivity index (χ0n) is 25.4. The van der Waals surface area contributed by atoms with Gasteiger partial charge in [0.2, 0.25) is 11.8 Å². The van der Waals surface area contributed by atoms with Gasteiger partial charge in [0.05, 0.1) is 46.3 Å². The molecule has 1 atom stereocenters. The summed E-state index contributed by atoms with van der Waals surface area (Å²) in [5.74, 6) is 3.16. The number of amides is 5. The van der Waals surface area contributed by atoms with Crippen LogP contribution in [-0.2, 0) is 26.1 Å². The van der Waals surface area contributed by atoms with Crippen LogP contribution in [0.5, 0.6) is 0 Å². The molecule has 5 heterocycles. The van der Waals surface area contributed by atoms with Crippen molar-refractivity contribution in [3.05, 3.63) is 70.8 Å². The standard InChI is InChI=1S/C32H25F3N8O5/c1-31(2,30(48)39-19-9-23(32(33,34)35)24(11-36)37-13-19)42-16-17(12-38-42)3-4-18-14-41(15-18)20-5-6-21-22(10-20)29(47)43(28(21)46)25-7-8-26(44)40-27(25)45/h5-6,9-10,12-13,16,18,25H,7-8,14-15H2,1-2H3,(H,39,48)(H,40,44,45). The van der Waals surface area contributed by atoms with Crippen molar-refractivity contribution < 1.29 is 37.1 Å². The van der Waals surface area contributed by atoms with E-state index in [9.17, 15) is 37.1 Å². The van der Waals surface area contributed by atoms with Gasteiger partial charge in [-0.25, -0.2) is 4.98 Å². The number of fused-ring (bicyclic) bond motifs is 1. The second kappa shape index (κ2) is 11.6. The smallest absolute Gasteiger partial charge is 0.369 e. The van der Waals surface area contributed by atoms with E-state index in [4.69, 9.17) is 5.26 Å². The third-order valence-corrected chi connectivity index (χ3v) is 8.36. The molecule has 48 heavy (non-hydrogen) atoms. The normalized spacial score (nSPS) is 18.0. The molecule has 0 radical (unpaired) electrons. The fraction of sp³-hybridized carbons (Fsp3) is 0.312. The maximum Gasteiger partial charge on any atom is 0.419 e. The molecule has 0 aliphatic carbocycles. The van der Waals surface area contributed by atoms with Gasteiger partial charge < -0.3 is 10.2 Å². The number of carbonyl (C=O) groups excluding carboxylic acids is 5. The number of nitrogens with zero attached hydrogens (tertiary/aromatic N) is 6. The summed E-state index contributed by atoms with van der Waals surface area (Å²) in [6, 6.07) is 5.88. The third-order valence-electron chi connectivity index (χ3n) is 8.36. The summed E-state index contributed by atoms with van der Waals surface area (Å²) in [5.41, 5.74) is -2.04. The van der Waals surface area contributed by atoms with Gasteiger partial charge in [0.1, 0.15) is 17.6 Å². The monoisotopic (exact) mass is 658 g/mol. The Balaban J connectivity index is 1.08. The van der Waals surface area contributed by atoms with Crippen LogP contribution in [-0.4, -0.2) is 68.3 Å². The SMILES string of the molecule is CC(C)(C(=O)Nc1cnc(C#N)c(C(F)(F)F)c1)n1cc(C#CC2CN(c3ccc4c(c3)C(=O)N(C3CCC(=O)NC3=O)C4=O)C2)cn1. The molecule has 244 valence electrons. The van der Waals surface area contributed by atoms with Crippen LogP contribution in [0.3, 0.4) is 0 Å². The molecule has 1 aromatic carbocycles. The van der Waals surface area contributed by atoms with Gasteiger partial charge in [-0.1, -0.05) is 11.8 Å². The number of anilines is 2. The number of piperidine rings is 1. The molecule has 6 rings (SSSR count). The quantitative estimate of drug-likeness (QED) is 0.309. The van der Waals surface area contributed by atoms with Gasteiger partial charge in [0, 0.05) is 31.4 Å². The Bertz CT molecular complexity index is 2010. The number of carbonyl (C=O) groups is 5. The van der Waals surface area contributed by atoms with Crippen molar-refractivity contribution in [3.8, 4) is 17.9 Å². The van der Waals surface area contributed by atoms with Gasteiger partial charge in [0.25, 0.3) is 17.7 Å². The first kappa shape index (κ1) is 31.9. The van der Waals surface area contributed by atoms with Crippen molar-refractivity contribution in [2.75, 3.05) is 23.3 Å². The highest BCUT2D eigenvalue weighted by molar-refractivity contribution is 6.23. The minimum absolute atomic E-state index is 0.0337. The first-order chi connectivity index (χ1) is 22.7. The van der Waals surface area contributed by atoms with E-state index >= 15 is 0 Å². The second-order valence-electron chi connectivity index (χ2n) is 12.0. The number of benzene rings is 1.